The van der Waals surface area contributed by atoms with Crippen molar-refractivity contribution in [3.8, 4) is 0 Å². The molecule has 1 rings (SSSR count). The topological polar surface area (TPSA) is 35.5 Å². The fourth-order valence-electron chi connectivity index (χ4n) is 1.61. The number of halogens is 1. The van der Waals surface area contributed by atoms with Crippen LogP contribution in [0, 0.1) is 0 Å². The van der Waals surface area contributed by atoms with Crippen LogP contribution in [0.25, 0.3) is 0 Å². The number of aryl methyl sites for hydroxylation is 1. The zero-order valence-corrected chi connectivity index (χ0v) is 12.4. The first kappa shape index (κ1) is 15.3. The molecule has 0 spiro atoms. The number of carbonyl (C=O) groups excluding carboxylic acids is 1. The number of hydrogen-bond donors (Lipinski definition) is 0. The van der Waals surface area contributed by atoms with Crippen molar-refractivity contribution in [2.24, 2.45) is 0 Å². The van der Waals surface area contributed by atoms with E-state index in [2.05, 4.69) is 15.9 Å². The lowest BCUT2D eigenvalue weighted by atomic mass is 10.1. The van der Waals surface area contributed by atoms with Gasteiger partial charge in [0.15, 0.2) is 5.78 Å². The highest BCUT2D eigenvalue weighted by Crippen LogP contribution is 2.14. The highest BCUT2D eigenvalue weighted by Gasteiger charge is 2.18. The standard InChI is InChI=1S/C14H19BrO3/c1-3-17-14(18-4-2)13(16)9-8-11-6-5-7-12(15)10-11/h5-7,10,14H,3-4,8-9H2,1-2H3. The summed E-state index contributed by atoms with van der Waals surface area (Å²) in [5, 5.41) is 0. The average Bonchev–Trinajstić information content (AvgIpc) is 2.36. The van der Waals surface area contributed by atoms with Gasteiger partial charge in [0.2, 0.25) is 6.29 Å². The minimum absolute atomic E-state index is 0.00123. The average molecular weight is 315 g/mol. The van der Waals surface area contributed by atoms with Crippen LogP contribution >= 0.6 is 15.9 Å². The molecule has 0 radical (unpaired) electrons. The van der Waals surface area contributed by atoms with Crippen molar-refractivity contribution in [3.63, 3.8) is 0 Å². The normalized spacial score (nSPS) is 10.9. The molecule has 3 nitrogen and oxygen atoms in total. The van der Waals surface area contributed by atoms with E-state index in [4.69, 9.17) is 9.47 Å². The maximum absolute atomic E-state index is 11.9. The van der Waals surface area contributed by atoms with Crippen molar-refractivity contribution in [1.29, 1.82) is 0 Å². The molecule has 0 heterocycles. The van der Waals surface area contributed by atoms with E-state index in [-0.39, 0.29) is 5.78 Å². The Morgan fingerprint density at radius 2 is 1.94 bits per heavy atom. The van der Waals surface area contributed by atoms with Crippen molar-refractivity contribution in [2.45, 2.75) is 33.0 Å². The quantitative estimate of drug-likeness (QED) is 0.690. The Kier molecular flexibility index (Phi) is 7.16. The van der Waals surface area contributed by atoms with Crippen molar-refractivity contribution < 1.29 is 14.3 Å². The molecule has 4 heteroatoms. The van der Waals surface area contributed by atoms with Gasteiger partial charge in [-0.3, -0.25) is 4.79 Å². The Morgan fingerprint density at radius 1 is 1.28 bits per heavy atom. The van der Waals surface area contributed by atoms with Gasteiger partial charge in [-0.25, -0.2) is 0 Å². The second kappa shape index (κ2) is 8.40. The summed E-state index contributed by atoms with van der Waals surface area (Å²) in [4.78, 5) is 11.9. The van der Waals surface area contributed by atoms with Gasteiger partial charge in [-0.2, -0.15) is 0 Å². The van der Waals surface area contributed by atoms with Crippen LogP contribution in [0.1, 0.15) is 25.8 Å². The maximum Gasteiger partial charge on any atom is 0.217 e. The molecule has 0 saturated heterocycles. The predicted molar refractivity (Wildman–Crippen MR) is 74.5 cm³/mol. The van der Waals surface area contributed by atoms with Crippen LogP contribution in [0.15, 0.2) is 28.7 Å². The molecular weight excluding hydrogens is 296 g/mol. The fraction of sp³-hybridized carbons (Fsp3) is 0.500. The summed E-state index contributed by atoms with van der Waals surface area (Å²) in [6, 6.07) is 7.96. The summed E-state index contributed by atoms with van der Waals surface area (Å²) in [5.74, 6) is -0.00123. The lowest BCUT2D eigenvalue weighted by Gasteiger charge is -2.15. The third kappa shape index (κ3) is 5.29. The summed E-state index contributed by atoms with van der Waals surface area (Å²) in [5.41, 5.74) is 1.13. The van der Waals surface area contributed by atoms with Gasteiger partial charge in [0, 0.05) is 24.1 Å². The van der Waals surface area contributed by atoms with E-state index in [0.29, 0.717) is 26.1 Å². The largest absolute Gasteiger partial charge is 0.346 e. The molecule has 0 aliphatic carbocycles. The van der Waals surface area contributed by atoms with Crippen LogP contribution in [0.2, 0.25) is 0 Å². The summed E-state index contributed by atoms with van der Waals surface area (Å²) in [6.07, 6.45) is 0.419. The lowest BCUT2D eigenvalue weighted by Crippen LogP contribution is -2.27. The first-order valence-corrected chi connectivity index (χ1v) is 6.97. The van der Waals surface area contributed by atoms with Crippen molar-refractivity contribution in [3.05, 3.63) is 34.3 Å². The molecule has 0 fully saturated rings. The van der Waals surface area contributed by atoms with Crippen LogP contribution in [-0.2, 0) is 20.7 Å². The van der Waals surface area contributed by atoms with E-state index >= 15 is 0 Å². The SMILES string of the molecule is CCOC(OCC)C(=O)CCc1cccc(Br)c1. The van der Waals surface area contributed by atoms with E-state index in [1.165, 1.54) is 0 Å². The minimum Gasteiger partial charge on any atom is -0.346 e. The second-order valence-electron chi connectivity index (χ2n) is 3.84. The third-order valence-corrected chi connectivity index (χ3v) is 2.94. The zero-order valence-electron chi connectivity index (χ0n) is 10.8. The number of ether oxygens (including phenoxy) is 2. The summed E-state index contributed by atoms with van der Waals surface area (Å²) >= 11 is 3.41. The van der Waals surface area contributed by atoms with Crippen LogP contribution in [0.3, 0.4) is 0 Å². The number of hydrogen-bond acceptors (Lipinski definition) is 3. The number of Topliss-reactive ketones (excluding diaryl/α,β-unsaturated/α-hetero) is 1. The molecule has 0 unspecified atom stereocenters. The minimum atomic E-state index is -0.716. The van der Waals surface area contributed by atoms with E-state index < -0.39 is 6.29 Å². The van der Waals surface area contributed by atoms with Gasteiger partial charge < -0.3 is 9.47 Å². The van der Waals surface area contributed by atoms with Crippen molar-refractivity contribution in [1.82, 2.24) is 0 Å². The third-order valence-electron chi connectivity index (χ3n) is 2.45. The molecule has 1 aromatic rings. The van der Waals surface area contributed by atoms with E-state index in [1.807, 2.05) is 38.1 Å². The summed E-state index contributed by atoms with van der Waals surface area (Å²) in [7, 11) is 0. The van der Waals surface area contributed by atoms with Gasteiger partial charge in [-0.15, -0.1) is 0 Å². The van der Waals surface area contributed by atoms with Crippen LogP contribution in [-0.4, -0.2) is 25.3 Å². The Balaban J connectivity index is 2.48. The van der Waals surface area contributed by atoms with E-state index in [9.17, 15) is 4.79 Å². The van der Waals surface area contributed by atoms with Gasteiger partial charge in [-0.1, -0.05) is 28.1 Å². The number of rotatable bonds is 8. The molecule has 0 aromatic heterocycles. The number of carbonyl (C=O) groups is 1. The van der Waals surface area contributed by atoms with Gasteiger partial charge >= 0.3 is 0 Å². The monoisotopic (exact) mass is 314 g/mol. The van der Waals surface area contributed by atoms with Crippen LogP contribution in [0.4, 0.5) is 0 Å². The van der Waals surface area contributed by atoms with Crippen molar-refractivity contribution >= 4 is 21.7 Å². The first-order chi connectivity index (χ1) is 8.67. The molecular formula is C14H19BrO3. The van der Waals surface area contributed by atoms with Crippen LogP contribution < -0.4 is 0 Å². The molecule has 0 bridgehead atoms. The Labute approximate surface area is 117 Å². The number of benzene rings is 1. The van der Waals surface area contributed by atoms with Crippen LogP contribution in [0.5, 0.6) is 0 Å². The maximum atomic E-state index is 11.9. The highest BCUT2D eigenvalue weighted by molar-refractivity contribution is 9.10. The van der Waals surface area contributed by atoms with E-state index in [0.717, 1.165) is 10.0 Å². The Morgan fingerprint density at radius 3 is 2.50 bits per heavy atom. The summed E-state index contributed by atoms with van der Waals surface area (Å²) in [6.45, 7) is 4.67. The van der Waals surface area contributed by atoms with Gasteiger partial charge in [-0.05, 0) is 38.0 Å². The first-order valence-electron chi connectivity index (χ1n) is 6.17. The molecule has 0 saturated carbocycles. The van der Waals surface area contributed by atoms with Gasteiger partial charge in [0.1, 0.15) is 0 Å². The smallest absolute Gasteiger partial charge is 0.217 e. The fourth-order valence-corrected chi connectivity index (χ4v) is 2.06. The molecule has 100 valence electrons. The highest BCUT2D eigenvalue weighted by atomic mass is 79.9. The number of ketones is 1. The van der Waals surface area contributed by atoms with E-state index in [1.54, 1.807) is 0 Å². The Hall–Kier alpha value is -0.710. The molecule has 0 aliphatic rings. The Bertz CT molecular complexity index is 373. The molecule has 1 aromatic carbocycles. The zero-order chi connectivity index (χ0) is 13.4. The molecule has 18 heavy (non-hydrogen) atoms. The lowest BCUT2D eigenvalue weighted by molar-refractivity contribution is -0.167. The molecule has 0 amide bonds. The van der Waals surface area contributed by atoms with Gasteiger partial charge in [0.25, 0.3) is 0 Å². The molecule has 0 atom stereocenters. The summed E-state index contributed by atoms with van der Waals surface area (Å²) < 4.78 is 11.6. The second-order valence-corrected chi connectivity index (χ2v) is 4.75. The van der Waals surface area contributed by atoms with Crippen molar-refractivity contribution in [2.75, 3.05) is 13.2 Å². The van der Waals surface area contributed by atoms with Gasteiger partial charge in [0.05, 0.1) is 0 Å². The molecule has 0 aliphatic heterocycles. The molecule has 0 N–H and O–H groups in total. The predicted octanol–water partition coefficient (Wildman–Crippen LogP) is 3.35.